The third-order valence-electron chi connectivity index (χ3n) is 7.16. The van der Waals surface area contributed by atoms with Crippen LogP contribution in [0.1, 0.15) is 48.9 Å². The van der Waals surface area contributed by atoms with E-state index in [0.717, 1.165) is 94.4 Å². The Morgan fingerprint density at radius 2 is 1.73 bits per heavy atom. The number of fused-ring (bicyclic) bond motifs is 1. The molecule has 0 saturated carbocycles. The van der Waals surface area contributed by atoms with E-state index in [1.165, 1.54) is 0 Å². The predicted octanol–water partition coefficient (Wildman–Crippen LogP) is 2.50. The van der Waals surface area contributed by atoms with Crippen LogP contribution in [0.4, 0.5) is 0 Å². The number of nitrogens with one attached hydrogen (secondary N) is 1. The summed E-state index contributed by atoms with van der Waals surface area (Å²) >= 11 is 0. The Hall–Kier alpha value is -2.41. The molecule has 7 nitrogen and oxygen atoms in total. The van der Waals surface area contributed by atoms with Crippen LogP contribution in [0.2, 0.25) is 0 Å². The Balaban J connectivity index is 1.17. The van der Waals surface area contributed by atoms with Gasteiger partial charge in [0.1, 0.15) is 0 Å². The van der Waals surface area contributed by atoms with Crippen LogP contribution in [0, 0.1) is 5.92 Å². The van der Waals surface area contributed by atoms with E-state index in [0.29, 0.717) is 11.9 Å². The van der Waals surface area contributed by atoms with Gasteiger partial charge in [0.2, 0.25) is 5.91 Å². The van der Waals surface area contributed by atoms with E-state index in [1.807, 2.05) is 23.1 Å². The van der Waals surface area contributed by atoms with Gasteiger partial charge in [0.05, 0.1) is 23.3 Å². The maximum Gasteiger partial charge on any atom is 0.253 e. The minimum atomic E-state index is 0.102. The fourth-order valence-electron chi connectivity index (χ4n) is 5.42. The second kappa shape index (κ2) is 8.38. The molecule has 3 saturated heterocycles. The molecule has 1 aromatic heterocycles. The first kappa shape index (κ1) is 19.5. The van der Waals surface area contributed by atoms with E-state index in [4.69, 9.17) is 0 Å². The first-order valence-electron chi connectivity index (χ1n) is 11.4. The Labute approximate surface area is 177 Å². The van der Waals surface area contributed by atoms with E-state index < -0.39 is 0 Å². The highest BCUT2D eigenvalue weighted by molar-refractivity contribution is 5.97. The molecule has 160 valence electrons. The van der Waals surface area contributed by atoms with E-state index in [2.05, 4.69) is 19.8 Å². The van der Waals surface area contributed by atoms with Gasteiger partial charge in [-0.3, -0.25) is 14.5 Å². The van der Waals surface area contributed by atoms with Crippen LogP contribution in [0.25, 0.3) is 11.0 Å². The summed E-state index contributed by atoms with van der Waals surface area (Å²) in [5.41, 5.74) is 2.51. The smallest absolute Gasteiger partial charge is 0.253 e. The molecule has 1 N–H and O–H groups in total. The fourth-order valence-corrected chi connectivity index (χ4v) is 5.42. The maximum atomic E-state index is 13.0. The molecule has 1 atom stereocenters. The maximum absolute atomic E-state index is 13.0. The van der Waals surface area contributed by atoms with Gasteiger partial charge in [0.25, 0.3) is 5.91 Å². The van der Waals surface area contributed by atoms with Crippen LogP contribution in [-0.2, 0) is 4.79 Å². The number of carbonyl (C=O) groups is 2. The summed E-state index contributed by atoms with van der Waals surface area (Å²) in [6.45, 7) is 5.43. The largest absolute Gasteiger partial charge is 0.345 e. The standard InChI is InChI=1S/C23H31N5O2/c29-22(17-5-6-20-21(14-17)25-16-24-20)27-12-7-19(8-13-27)28-11-3-4-18(15-28)23(30)26-9-1-2-10-26/h5-6,14,16,18-19H,1-4,7-13,15H2,(H,24,25). The van der Waals surface area contributed by atoms with Crippen molar-refractivity contribution in [2.24, 2.45) is 5.92 Å². The Morgan fingerprint density at radius 3 is 2.53 bits per heavy atom. The van der Waals surface area contributed by atoms with Crippen molar-refractivity contribution < 1.29 is 9.59 Å². The molecule has 0 bridgehead atoms. The summed E-state index contributed by atoms with van der Waals surface area (Å²) < 4.78 is 0. The van der Waals surface area contributed by atoms with Crippen molar-refractivity contribution in [3.8, 4) is 0 Å². The van der Waals surface area contributed by atoms with E-state index in [9.17, 15) is 9.59 Å². The van der Waals surface area contributed by atoms with E-state index in [-0.39, 0.29) is 11.8 Å². The predicted molar refractivity (Wildman–Crippen MR) is 115 cm³/mol. The minimum Gasteiger partial charge on any atom is -0.345 e. The summed E-state index contributed by atoms with van der Waals surface area (Å²) in [6.07, 6.45) is 8.08. The van der Waals surface area contributed by atoms with Crippen LogP contribution in [-0.4, -0.2) is 81.8 Å². The molecular formula is C23H31N5O2. The van der Waals surface area contributed by atoms with Crippen LogP contribution >= 0.6 is 0 Å². The van der Waals surface area contributed by atoms with Gasteiger partial charge in [-0.2, -0.15) is 0 Å². The molecule has 0 aliphatic carbocycles. The summed E-state index contributed by atoms with van der Waals surface area (Å²) in [6, 6.07) is 6.16. The molecule has 3 aliphatic rings. The number of amides is 2. The molecule has 7 heteroatoms. The number of aromatic amines is 1. The third kappa shape index (κ3) is 3.83. The van der Waals surface area contributed by atoms with Crippen molar-refractivity contribution in [1.82, 2.24) is 24.7 Å². The van der Waals surface area contributed by atoms with Gasteiger partial charge < -0.3 is 14.8 Å². The number of carbonyl (C=O) groups excluding carboxylic acids is 2. The molecule has 3 aliphatic heterocycles. The molecule has 2 amide bonds. The number of rotatable bonds is 3. The molecule has 0 radical (unpaired) electrons. The number of hydrogen-bond acceptors (Lipinski definition) is 4. The molecular weight excluding hydrogens is 378 g/mol. The summed E-state index contributed by atoms with van der Waals surface area (Å²) in [7, 11) is 0. The number of benzene rings is 1. The number of H-pyrrole nitrogens is 1. The Kier molecular flexibility index (Phi) is 5.46. The quantitative estimate of drug-likeness (QED) is 0.845. The second-order valence-electron chi connectivity index (χ2n) is 9.02. The molecule has 3 fully saturated rings. The summed E-state index contributed by atoms with van der Waals surface area (Å²) in [5, 5.41) is 0. The van der Waals surface area contributed by atoms with Gasteiger partial charge in [-0.1, -0.05) is 0 Å². The minimum absolute atomic E-state index is 0.102. The van der Waals surface area contributed by atoms with E-state index in [1.54, 1.807) is 6.33 Å². The van der Waals surface area contributed by atoms with Gasteiger partial charge in [-0.15, -0.1) is 0 Å². The highest BCUT2D eigenvalue weighted by Gasteiger charge is 2.34. The zero-order chi connectivity index (χ0) is 20.5. The molecule has 1 aromatic carbocycles. The highest BCUT2D eigenvalue weighted by Crippen LogP contribution is 2.27. The van der Waals surface area contributed by atoms with Crippen LogP contribution in [0.15, 0.2) is 24.5 Å². The summed E-state index contributed by atoms with van der Waals surface area (Å²) in [5.74, 6) is 0.641. The van der Waals surface area contributed by atoms with Crippen molar-refractivity contribution in [2.45, 2.75) is 44.6 Å². The molecule has 1 unspecified atom stereocenters. The average molecular weight is 410 g/mol. The second-order valence-corrected chi connectivity index (χ2v) is 9.02. The normalized spacial score (nSPS) is 23.9. The Bertz CT molecular complexity index is 911. The number of aromatic nitrogens is 2. The Morgan fingerprint density at radius 1 is 0.933 bits per heavy atom. The summed E-state index contributed by atoms with van der Waals surface area (Å²) in [4.78, 5) is 39.7. The highest BCUT2D eigenvalue weighted by atomic mass is 16.2. The lowest BCUT2D eigenvalue weighted by atomic mass is 9.92. The van der Waals surface area contributed by atoms with Crippen molar-refractivity contribution in [1.29, 1.82) is 0 Å². The third-order valence-corrected chi connectivity index (χ3v) is 7.16. The van der Waals surface area contributed by atoms with Gasteiger partial charge in [0.15, 0.2) is 0 Å². The number of imidazole rings is 1. The molecule has 0 spiro atoms. The fraction of sp³-hybridized carbons (Fsp3) is 0.609. The van der Waals surface area contributed by atoms with Crippen LogP contribution in [0.5, 0.6) is 0 Å². The zero-order valence-corrected chi connectivity index (χ0v) is 17.6. The topological polar surface area (TPSA) is 72.5 Å². The van der Waals surface area contributed by atoms with Gasteiger partial charge in [-0.25, -0.2) is 4.98 Å². The number of likely N-dealkylation sites (tertiary alicyclic amines) is 3. The SMILES string of the molecule is O=C(c1ccc2nc[nH]c2c1)N1CCC(N2CCCC(C(=O)N3CCCC3)C2)CC1. The van der Waals surface area contributed by atoms with Crippen molar-refractivity contribution in [2.75, 3.05) is 39.3 Å². The number of nitrogens with zero attached hydrogens (tertiary/aromatic N) is 4. The monoisotopic (exact) mass is 409 g/mol. The first-order valence-corrected chi connectivity index (χ1v) is 11.4. The zero-order valence-electron chi connectivity index (χ0n) is 17.6. The molecule has 30 heavy (non-hydrogen) atoms. The number of hydrogen-bond donors (Lipinski definition) is 1. The average Bonchev–Trinajstić information content (AvgIpc) is 3.50. The lowest BCUT2D eigenvalue weighted by molar-refractivity contribution is -0.136. The van der Waals surface area contributed by atoms with Crippen molar-refractivity contribution in [3.05, 3.63) is 30.1 Å². The number of piperidine rings is 2. The lowest BCUT2D eigenvalue weighted by Gasteiger charge is -2.42. The van der Waals surface area contributed by atoms with Crippen molar-refractivity contribution in [3.63, 3.8) is 0 Å². The van der Waals surface area contributed by atoms with Crippen LogP contribution in [0.3, 0.4) is 0 Å². The molecule has 2 aromatic rings. The van der Waals surface area contributed by atoms with E-state index >= 15 is 0 Å². The molecule has 4 heterocycles. The first-order chi connectivity index (χ1) is 14.7. The van der Waals surface area contributed by atoms with Gasteiger partial charge >= 0.3 is 0 Å². The molecule has 5 rings (SSSR count). The van der Waals surface area contributed by atoms with Gasteiger partial charge in [-0.05, 0) is 63.3 Å². The lowest BCUT2D eigenvalue weighted by Crippen LogP contribution is -2.51. The van der Waals surface area contributed by atoms with Gasteiger partial charge in [0, 0.05) is 44.3 Å². The van der Waals surface area contributed by atoms with Crippen LogP contribution < -0.4 is 0 Å². The van der Waals surface area contributed by atoms with Crippen molar-refractivity contribution >= 4 is 22.8 Å².